The lowest BCUT2D eigenvalue weighted by molar-refractivity contribution is 0.901. The summed E-state index contributed by atoms with van der Waals surface area (Å²) in [6.07, 6.45) is 3.58. The third-order valence-electron chi connectivity index (χ3n) is 3.52. The van der Waals surface area contributed by atoms with Crippen molar-refractivity contribution in [1.82, 2.24) is 9.97 Å². The minimum absolute atomic E-state index is 0.870. The second-order valence-corrected chi connectivity index (χ2v) is 5.01. The van der Waals surface area contributed by atoms with Crippen molar-refractivity contribution in [2.75, 3.05) is 29.9 Å². The van der Waals surface area contributed by atoms with E-state index in [0.717, 1.165) is 48.7 Å². The van der Waals surface area contributed by atoms with Gasteiger partial charge in [-0.25, -0.2) is 4.98 Å². The molecule has 19 heavy (non-hydrogen) atoms. The van der Waals surface area contributed by atoms with Crippen molar-refractivity contribution in [3.63, 3.8) is 0 Å². The van der Waals surface area contributed by atoms with Crippen LogP contribution in [0.1, 0.15) is 26.2 Å². The molecule has 2 heterocycles. The van der Waals surface area contributed by atoms with Gasteiger partial charge in [0, 0.05) is 25.0 Å². The van der Waals surface area contributed by atoms with Crippen molar-refractivity contribution >= 4 is 22.7 Å². The minimum atomic E-state index is 0.870. The van der Waals surface area contributed by atoms with Gasteiger partial charge in [-0.05, 0) is 31.4 Å². The molecule has 0 amide bonds. The van der Waals surface area contributed by atoms with Gasteiger partial charge in [0.05, 0.1) is 5.52 Å². The maximum absolute atomic E-state index is 4.72. The summed E-state index contributed by atoms with van der Waals surface area (Å²) in [5.74, 6) is 1.84. The van der Waals surface area contributed by atoms with E-state index >= 15 is 0 Å². The lowest BCUT2D eigenvalue weighted by Crippen LogP contribution is -2.21. The molecule has 1 saturated heterocycles. The lowest BCUT2D eigenvalue weighted by Gasteiger charge is -2.17. The van der Waals surface area contributed by atoms with Crippen molar-refractivity contribution in [2.24, 2.45) is 0 Å². The molecular formula is C15H20N4. The predicted octanol–water partition coefficient (Wildman–Crippen LogP) is 3.05. The molecule has 1 N–H and O–H groups in total. The summed E-state index contributed by atoms with van der Waals surface area (Å²) in [6.45, 7) is 5.26. The normalized spacial score (nSPS) is 15.1. The Bertz CT molecular complexity index is 561. The van der Waals surface area contributed by atoms with Crippen LogP contribution in [0.15, 0.2) is 24.3 Å². The molecule has 0 bridgehead atoms. The number of nitrogens with zero attached hydrogens (tertiary/aromatic N) is 3. The summed E-state index contributed by atoms with van der Waals surface area (Å²) < 4.78 is 0. The van der Waals surface area contributed by atoms with Crippen LogP contribution >= 0.6 is 0 Å². The van der Waals surface area contributed by atoms with Crippen LogP contribution in [0.2, 0.25) is 0 Å². The van der Waals surface area contributed by atoms with E-state index in [2.05, 4.69) is 29.3 Å². The van der Waals surface area contributed by atoms with E-state index in [-0.39, 0.29) is 0 Å². The molecule has 100 valence electrons. The molecule has 4 heteroatoms. The van der Waals surface area contributed by atoms with Gasteiger partial charge in [-0.1, -0.05) is 19.1 Å². The van der Waals surface area contributed by atoms with Crippen molar-refractivity contribution in [3.05, 3.63) is 24.3 Å². The molecule has 1 fully saturated rings. The van der Waals surface area contributed by atoms with Gasteiger partial charge in [0.2, 0.25) is 5.95 Å². The highest BCUT2D eigenvalue weighted by Gasteiger charge is 2.16. The van der Waals surface area contributed by atoms with Crippen molar-refractivity contribution in [1.29, 1.82) is 0 Å². The van der Waals surface area contributed by atoms with Gasteiger partial charge in [0.25, 0.3) is 0 Å². The number of anilines is 2. The summed E-state index contributed by atoms with van der Waals surface area (Å²) in [7, 11) is 0. The highest BCUT2D eigenvalue weighted by molar-refractivity contribution is 5.90. The van der Waals surface area contributed by atoms with Gasteiger partial charge in [0.15, 0.2) is 0 Å². The first-order chi connectivity index (χ1) is 9.38. The van der Waals surface area contributed by atoms with Crippen LogP contribution in [-0.4, -0.2) is 29.6 Å². The Balaban J connectivity index is 2.03. The van der Waals surface area contributed by atoms with Crippen LogP contribution in [0.3, 0.4) is 0 Å². The van der Waals surface area contributed by atoms with E-state index in [9.17, 15) is 0 Å². The number of nitrogens with one attached hydrogen (secondary N) is 1. The highest BCUT2D eigenvalue weighted by atomic mass is 15.3. The smallest absolute Gasteiger partial charge is 0.227 e. The Hall–Kier alpha value is -1.84. The maximum atomic E-state index is 4.72. The topological polar surface area (TPSA) is 41.1 Å². The zero-order chi connectivity index (χ0) is 13.1. The summed E-state index contributed by atoms with van der Waals surface area (Å²) >= 11 is 0. The summed E-state index contributed by atoms with van der Waals surface area (Å²) in [5.41, 5.74) is 1.03. The fourth-order valence-corrected chi connectivity index (χ4v) is 2.50. The summed E-state index contributed by atoms with van der Waals surface area (Å²) in [6, 6.07) is 8.22. The molecular weight excluding hydrogens is 236 g/mol. The first-order valence-corrected chi connectivity index (χ1v) is 7.14. The van der Waals surface area contributed by atoms with E-state index < -0.39 is 0 Å². The van der Waals surface area contributed by atoms with Crippen molar-refractivity contribution in [2.45, 2.75) is 26.2 Å². The number of rotatable bonds is 4. The third-order valence-corrected chi connectivity index (χ3v) is 3.52. The minimum Gasteiger partial charge on any atom is -0.369 e. The van der Waals surface area contributed by atoms with E-state index in [1.807, 2.05) is 12.1 Å². The standard InChI is InChI=1S/C15H20N4/c1-2-9-16-14-12-7-3-4-8-13(12)17-15(18-14)19-10-5-6-11-19/h3-4,7-8H,2,5-6,9-11H2,1H3,(H,16,17,18). The molecule has 1 aliphatic rings. The Labute approximate surface area is 113 Å². The van der Waals surface area contributed by atoms with Crippen LogP contribution in [0, 0.1) is 0 Å². The number of benzene rings is 1. The zero-order valence-electron chi connectivity index (χ0n) is 11.4. The molecule has 0 unspecified atom stereocenters. The number of para-hydroxylation sites is 1. The summed E-state index contributed by atoms with van der Waals surface area (Å²) in [5, 5.41) is 4.53. The van der Waals surface area contributed by atoms with Crippen LogP contribution in [0.4, 0.5) is 11.8 Å². The SMILES string of the molecule is CCCNc1nc(N2CCCC2)nc2ccccc12. The molecule has 1 aliphatic heterocycles. The van der Waals surface area contributed by atoms with E-state index in [1.165, 1.54) is 12.8 Å². The number of hydrogen-bond acceptors (Lipinski definition) is 4. The average Bonchev–Trinajstić information content (AvgIpc) is 2.98. The highest BCUT2D eigenvalue weighted by Crippen LogP contribution is 2.25. The summed E-state index contributed by atoms with van der Waals surface area (Å²) in [4.78, 5) is 11.7. The Morgan fingerprint density at radius 2 is 1.95 bits per heavy atom. The Kier molecular flexibility index (Phi) is 3.49. The van der Waals surface area contributed by atoms with Gasteiger partial charge in [0.1, 0.15) is 5.82 Å². The molecule has 1 aromatic carbocycles. The zero-order valence-corrected chi connectivity index (χ0v) is 11.4. The number of fused-ring (bicyclic) bond motifs is 1. The van der Waals surface area contributed by atoms with Crippen LogP contribution in [-0.2, 0) is 0 Å². The maximum Gasteiger partial charge on any atom is 0.227 e. The largest absolute Gasteiger partial charge is 0.369 e. The molecule has 0 saturated carbocycles. The molecule has 2 aromatic rings. The van der Waals surface area contributed by atoms with E-state index in [1.54, 1.807) is 0 Å². The fraction of sp³-hybridized carbons (Fsp3) is 0.467. The van der Waals surface area contributed by atoms with E-state index in [4.69, 9.17) is 9.97 Å². The van der Waals surface area contributed by atoms with E-state index in [0.29, 0.717) is 0 Å². The first kappa shape index (κ1) is 12.2. The Morgan fingerprint density at radius 3 is 2.74 bits per heavy atom. The van der Waals surface area contributed by atoms with Gasteiger partial charge in [-0.15, -0.1) is 0 Å². The monoisotopic (exact) mass is 256 g/mol. The third kappa shape index (κ3) is 2.48. The van der Waals surface area contributed by atoms with Gasteiger partial charge >= 0.3 is 0 Å². The molecule has 0 spiro atoms. The lowest BCUT2D eigenvalue weighted by atomic mass is 10.2. The molecule has 0 aliphatic carbocycles. The van der Waals surface area contributed by atoms with Crippen LogP contribution in [0.5, 0.6) is 0 Å². The molecule has 4 nitrogen and oxygen atoms in total. The van der Waals surface area contributed by atoms with Crippen molar-refractivity contribution < 1.29 is 0 Å². The first-order valence-electron chi connectivity index (χ1n) is 7.14. The fourth-order valence-electron chi connectivity index (χ4n) is 2.50. The van der Waals surface area contributed by atoms with Crippen LogP contribution < -0.4 is 10.2 Å². The van der Waals surface area contributed by atoms with Gasteiger partial charge in [-0.3, -0.25) is 0 Å². The average molecular weight is 256 g/mol. The number of aromatic nitrogens is 2. The molecule has 1 aromatic heterocycles. The molecule has 3 rings (SSSR count). The number of hydrogen-bond donors (Lipinski definition) is 1. The Morgan fingerprint density at radius 1 is 1.16 bits per heavy atom. The second-order valence-electron chi connectivity index (χ2n) is 5.01. The predicted molar refractivity (Wildman–Crippen MR) is 79.8 cm³/mol. The van der Waals surface area contributed by atoms with Gasteiger partial charge < -0.3 is 10.2 Å². The van der Waals surface area contributed by atoms with Crippen molar-refractivity contribution in [3.8, 4) is 0 Å². The van der Waals surface area contributed by atoms with Gasteiger partial charge in [-0.2, -0.15) is 4.98 Å². The van der Waals surface area contributed by atoms with Crippen LogP contribution in [0.25, 0.3) is 10.9 Å². The second kappa shape index (κ2) is 5.43. The molecule has 0 atom stereocenters. The molecule has 0 radical (unpaired) electrons. The quantitative estimate of drug-likeness (QED) is 0.913.